The largest absolute Gasteiger partial charge is 0.465 e. The van der Waals surface area contributed by atoms with Crippen molar-refractivity contribution in [1.82, 2.24) is 3.97 Å². The molecule has 0 aliphatic heterocycles. The highest BCUT2D eigenvalue weighted by molar-refractivity contribution is 7.90. The van der Waals surface area contributed by atoms with Gasteiger partial charge in [-0.25, -0.2) is 44.0 Å². The molecule has 0 bridgehead atoms. The van der Waals surface area contributed by atoms with Crippen LogP contribution in [0.1, 0.15) is 27.9 Å². The van der Waals surface area contributed by atoms with Gasteiger partial charge in [0, 0.05) is 33.2 Å². The number of methoxy groups -OCH3 is 1. The second kappa shape index (κ2) is 13.0. The fraction of sp³-hybridized carbons (Fsp3) is 0.0541. The number of nitrogens with zero attached hydrogens (tertiary/aromatic N) is 3. The van der Waals surface area contributed by atoms with Crippen LogP contribution in [-0.2, 0) is 14.8 Å². The molecule has 0 aliphatic rings. The molecule has 0 saturated carbocycles. The van der Waals surface area contributed by atoms with Gasteiger partial charge in [0.1, 0.15) is 17.5 Å². The highest BCUT2D eigenvalue weighted by Gasteiger charge is 2.31. The van der Waals surface area contributed by atoms with Crippen molar-refractivity contribution in [3.63, 3.8) is 0 Å². The van der Waals surface area contributed by atoms with Crippen LogP contribution >= 0.6 is 0 Å². The fourth-order valence-electron chi connectivity index (χ4n) is 5.79. The van der Waals surface area contributed by atoms with Crippen molar-refractivity contribution in [3.05, 3.63) is 143 Å². The summed E-state index contributed by atoms with van der Waals surface area (Å²) in [6, 6.07) is 20.2. The number of carbonyl (C=O) groups excluding carboxylic acids is 1. The Bertz CT molecular complexity index is 2500. The monoisotopic (exact) mass is 697 g/mol. The number of nitriles is 1. The van der Waals surface area contributed by atoms with Gasteiger partial charge in [0.25, 0.3) is 16.4 Å². The molecule has 6 rings (SSSR count). The normalized spacial score (nSPS) is 11.4. The molecule has 1 aromatic heterocycles. The number of rotatable bonds is 7. The predicted octanol–water partition coefficient (Wildman–Crippen LogP) is 9.44. The zero-order valence-corrected chi connectivity index (χ0v) is 26.4. The molecular weight excluding hydrogens is 677 g/mol. The quantitative estimate of drug-likeness (QED) is 0.0942. The topological polar surface area (TPSA) is 93.5 Å². The van der Waals surface area contributed by atoms with Crippen LogP contribution in [0.3, 0.4) is 0 Å². The Hall–Kier alpha value is -6.31. The lowest BCUT2D eigenvalue weighted by Gasteiger charge is -2.16. The average Bonchev–Trinajstić information content (AvgIpc) is 3.45. The van der Waals surface area contributed by atoms with Crippen LogP contribution in [0.2, 0.25) is 0 Å². The van der Waals surface area contributed by atoms with Crippen molar-refractivity contribution in [2.24, 2.45) is 0 Å². The highest BCUT2D eigenvalue weighted by Crippen LogP contribution is 2.48. The Labute approximate surface area is 281 Å². The second-order valence-electron chi connectivity index (χ2n) is 10.8. The number of halogens is 5. The van der Waals surface area contributed by atoms with E-state index >= 15 is 8.78 Å². The summed E-state index contributed by atoms with van der Waals surface area (Å²) < 4.78 is 107. The number of fused-ring (bicyclic) bond motifs is 1. The maximum absolute atomic E-state index is 15.4. The van der Waals surface area contributed by atoms with Gasteiger partial charge in [-0.1, -0.05) is 42.5 Å². The molecule has 7 nitrogen and oxygen atoms in total. The number of hydrogen-bond acceptors (Lipinski definition) is 5. The van der Waals surface area contributed by atoms with E-state index in [-0.39, 0.29) is 50.1 Å². The SMILES string of the molecule is [C-]#[N+]c1cccc(C#N)c1-c1c(-c2cccc(-c3c(F)cc(C(=O)OC)cc3F)c2)n(S(=O)(=O)c2ccc(C(F)F)cc2)c2ccc(F)cc12. The molecule has 0 unspecified atom stereocenters. The van der Waals surface area contributed by atoms with Gasteiger partial charge < -0.3 is 4.74 Å². The molecule has 1 heterocycles. The molecular formula is C37H20F5N3O4S. The molecule has 5 aromatic carbocycles. The zero-order chi connectivity index (χ0) is 35.9. The van der Waals surface area contributed by atoms with Crippen LogP contribution < -0.4 is 0 Å². The summed E-state index contributed by atoms with van der Waals surface area (Å²) >= 11 is 0. The molecule has 0 radical (unpaired) electrons. The van der Waals surface area contributed by atoms with Crippen LogP contribution in [0.4, 0.5) is 27.6 Å². The van der Waals surface area contributed by atoms with E-state index in [1.165, 1.54) is 48.5 Å². The Kier molecular flexibility index (Phi) is 8.70. The second-order valence-corrected chi connectivity index (χ2v) is 12.6. The molecule has 0 saturated heterocycles. The minimum Gasteiger partial charge on any atom is -0.465 e. The lowest BCUT2D eigenvalue weighted by molar-refractivity contribution is 0.0599. The summed E-state index contributed by atoms with van der Waals surface area (Å²) in [5.74, 6) is -4.05. The molecule has 13 heteroatoms. The van der Waals surface area contributed by atoms with Gasteiger partial charge in [-0.05, 0) is 60.2 Å². The third-order valence-electron chi connectivity index (χ3n) is 7.98. The average molecular weight is 698 g/mol. The van der Waals surface area contributed by atoms with Crippen molar-refractivity contribution in [2.45, 2.75) is 11.3 Å². The van der Waals surface area contributed by atoms with Crippen LogP contribution in [0.15, 0.2) is 102 Å². The van der Waals surface area contributed by atoms with E-state index in [4.69, 9.17) is 6.57 Å². The molecule has 6 aromatic rings. The summed E-state index contributed by atoms with van der Waals surface area (Å²) in [7, 11) is -3.70. The number of esters is 1. The molecule has 0 spiro atoms. The molecule has 0 amide bonds. The number of benzene rings is 5. The van der Waals surface area contributed by atoms with Gasteiger partial charge in [-0.3, -0.25) is 0 Å². The van der Waals surface area contributed by atoms with E-state index < -0.39 is 61.5 Å². The fourth-order valence-corrected chi connectivity index (χ4v) is 7.33. The Morgan fingerprint density at radius 2 is 1.52 bits per heavy atom. The standard InChI is InChI=1S/C37H20F5N3O4S/c1-44-30-8-4-7-23(19-43)33(30)34-27-18-25(38)11-14-31(27)45(50(47,48)26-12-9-20(10-13-26)36(41)42)35(34)22-6-3-5-21(15-22)32-28(39)16-24(17-29(32)40)37(46)49-2/h3-18,36H,2H3. The third-order valence-corrected chi connectivity index (χ3v) is 9.71. The van der Waals surface area contributed by atoms with Crippen molar-refractivity contribution < 1.29 is 39.9 Å². The number of ether oxygens (including phenoxy) is 1. The Morgan fingerprint density at radius 3 is 2.14 bits per heavy atom. The van der Waals surface area contributed by atoms with Gasteiger partial charge in [0.05, 0.1) is 47.0 Å². The van der Waals surface area contributed by atoms with Gasteiger partial charge in [-0.2, -0.15) is 5.26 Å². The smallest absolute Gasteiger partial charge is 0.338 e. The van der Waals surface area contributed by atoms with Gasteiger partial charge in [0.2, 0.25) is 0 Å². The van der Waals surface area contributed by atoms with E-state index in [1.54, 1.807) is 0 Å². The number of alkyl halides is 2. The number of hydrogen-bond donors (Lipinski definition) is 0. The number of aromatic nitrogens is 1. The van der Waals surface area contributed by atoms with Crippen molar-refractivity contribution in [1.29, 1.82) is 5.26 Å². The van der Waals surface area contributed by atoms with Crippen LogP contribution in [-0.4, -0.2) is 25.5 Å². The first-order valence-electron chi connectivity index (χ1n) is 14.5. The summed E-state index contributed by atoms with van der Waals surface area (Å²) in [4.78, 5) is 15.1. The minimum absolute atomic E-state index is 0.00130. The Balaban J connectivity index is 1.76. The Morgan fingerprint density at radius 1 is 0.860 bits per heavy atom. The summed E-state index contributed by atoms with van der Waals surface area (Å²) in [6.45, 7) is 7.84. The van der Waals surface area contributed by atoms with Gasteiger partial charge in [0.15, 0.2) is 5.69 Å². The maximum Gasteiger partial charge on any atom is 0.338 e. The van der Waals surface area contributed by atoms with Crippen LogP contribution in [0.25, 0.3) is 49.3 Å². The van der Waals surface area contributed by atoms with Gasteiger partial charge >= 0.3 is 5.97 Å². The number of carbonyl (C=O) groups is 1. The first-order chi connectivity index (χ1) is 23.9. The van der Waals surface area contributed by atoms with E-state index in [2.05, 4.69) is 9.58 Å². The molecule has 0 N–H and O–H groups in total. The van der Waals surface area contributed by atoms with E-state index in [1.807, 2.05) is 6.07 Å². The summed E-state index contributed by atoms with van der Waals surface area (Å²) in [5, 5.41) is 10.1. The zero-order valence-electron chi connectivity index (χ0n) is 25.6. The van der Waals surface area contributed by atoms with Gasteiger partial charge in [-0.15, -0.1) is 0 Å². The molecule has 0 aliphatic carbocycles. The lowest BCUT2D eigenvalue weighted by Crippen LogP contribution is -2.14. The van der Waals surface area contributed by atoms with Crippen molar-refractivity contribution in [2.75, 3.05) is 7.11 Å². The molecule has 50 heavy (non-hydrogen) atoms. The first kappa shape index (κ1) is 33.6. The minimum atomic E-state index is -4.75. The lowest BCUT2D eigenvalue weighted by atomic mass is 9.92. The molecule has 248 valence electrons. The predicted molar refractivity (Wildman–Crippen MR) is 174 cm³/mol. The van der Waals surface area contributed by atoms with E-state index in [0.29, 0.717) is 0 Å². The van der Waals surface area contributed by atoms with E-state index in [0.717, 1.165) is 59.6 Å². The van der Waals surface area contributed by atoms with Crippen molar-refractivity contribution in [3.8, 4) is 39.6 Å². The summed E-state index contributed by atoms with van der Waals surface area (Å²) in [5.41, 5.74) is -2.07. The third kappa shape index (κ3) is 5.63. The maximum atomic E-state index is 15.4. The van der Waals surface area contributed by atoms with Crippen LogP contribution in [0, 0.1) is 35.4 Å². The molecule has 0 atom stereocenters. The summed E-state index contributed by atoms with van der Waals surface area (Å²) in [6.07, 6.45) is -2.89. The van der Waals surface area contributed by atoms with Crippen LogP contribution in [0.5, 0.6) is 0 Å². The molecule has 0 fully saturated rings. The highest BCUT2D eigenvalue weighted by atomic mass is 32.2. The first-order valence-corrected chi connectivity index (χ1v) is 15.9. The van der Waals surface area contributed by atoms with E-state index in [9.17, 15) is 31.6 Å². The van der Waals surface area contributed by atoms with Crippen molar-refractivity contribution >= 4 is 32.6 Å².